The van der Waals surface area contributed by atoms with Gasteiger partial charge in [0.25, 0.3) is 5.69 Å². The first kappa shape index (κ1) is 17.4. The molecule has 25 heavy (non-hydrogen) atoms. The van der Waals surface area contributed by atoms with Crippen LogP contribution >= 0.6 is 23.1 Å². The number of non-ortho nitro benzene ring substituents is 1. The molecule has 1 N–H and O–H groups in total. The molecule has 1 heterocycles. The molecular formula is C17H15N3O3S2. The number of nitrogens with zero attached hydrogens (tertiary/aromatic N) is 2. The van der Waals surface area contributed by atoms with Crippen LogP contribution in [0.5, 0.6) is 0 Å². The molecule has 0 saturated heterocycles. The van der Waals surface area contributed by atoms with E-state index < -0.39 is 4.92 Å². The van der Waals surface area contributed by atoms with Gasteiger partial charge in [0.05, 0.1) is 20.9 Å². The van der Waals surface area contributed by atoms with Crippen LogP contribution < -0.4 is 5.32 Å². The summed E-state index contributed by atoms with van der Waals surface area (Å²) in [7, 11) is 0. The number of amides is 1. The van der Waals surface area contributed by atoms with Crippen LogP contribution in [0.25, 0.3) is 10.2 Å². The molecule has 1 amide bonds. The molecule has 128 valence electrons. The van der Waals surface area contributed by atoms with Crippen LogP contribution in [0, 0.1) is 24.0 Å². The highest BCUT2D eigenvalue weighted by Crippen LogP contribution is 2.31. The highest BCUT2D eigenvalue weighted by Gasteiger charge is 2.12. The third-order valence-electron chi connectivity index (χ3n) is 3.77. The van der Waals surface area contributed by atoms with E-state index in [1.165, 1.54) is 35.2 Å². The quantitative estimate of drug-likeness (QED) is 0.403. The third kappa shape index (κ3) is 3.97. The minimum atomic E-state index is -0.427. The second kappa shape index (κ2) is 7.20. The van der Waals surface area contributed by atoms with Crippen molar-refractivity contribution in [3.8, 4) is 0 Å². The number of hydrogen-bond acceptors (Lipinski definition) is 6. The van der Waals surface area contributed by atoms with Gasteiger partial charge in [-0.15, -0.1) is 11.3 Å². The minimum absolute atomic E-state index is 0.0420. The van der Waals surface area contributed by atoms with Gasteiger partial charge in [-0.3, -0.25) is 14.9 Å². The molecule has 6 nitrogen and oxygen atoms in total. The maximum absolute atomic E-state index is 12.2. The van der Waals surface area contributed by atoms with E-state index in [-0.39, 0.29) is 17.3 Å². The number of nitro benzene ring substituents is 1. The van der Waals surface area contributed by atoms with Crippen LogP contribution in [0.15, 0.2) is 40.7 Å². The molecule has 3 rings (SSSR count). The lowest BCUT2D eigenvalue weighted by atomic mass is 10.1. The van der Waals surface area contributed by atoms with Gasteiger partial charge in [-0.1, -0.05) is 23.9 Å². The Labute approximate surface area is 152 Å². The topological polar surface area (TPSA) is 85.1 Å². The molecule has 0 radical (unpaired) electrons. The second-order valence-electron chi connectivity index (χ2n) is 5.47. The predicted molar refractivity (Wildman–Crippen MR) is 102 cm³/mol. The van der Waals surface area contributed by atoms with Crippen LogP contribution in [-0.4, -0.2) is 21.6 Å². The Bertz CT molecular complexity index is 969. The molecule has 0 unspecified atom stereocenters. The van der Waals surface area contributed by atoms with Crippen LogP contribution in [0.1, 0.15) is 11.1 Å². The summed E-state index contributed by atoms with van der Waals surface area (Å²) >= 11 is 2.67. The van der Waals surface area contributed by atoms with Gasteiger partial charge in [0.1, 0.15) is 0 Å². The molecule has 1 aromatic heterocycles. The molecule has 0 aliphatic carbocycles. The number of fused-ring (bicyclic) bond motifs is 1. The highest BCUT2D eigenvalue weighted by atomic mass is 32.2. The molecule has 0 saturated carbocycles. The average Bonchev–Trinajstić information content (AvgIpc) is 2.99. The number of carbonyl (C=O) groups excluding carboxylic acids is 1. The van der Waals surface area contributed by atoms with E-state index in [0.717, 1.165) is 21.5 Å². The van der Waals surface area contributed by atoms with Gasteiger partial charge in [0.15, 0.2) is 4.34 Å². The first-order chi connectivity index (χ1) is 11.9. The Morgan fingerprint density at radius 2 is 2.12 bits per heavy atom. The van der Waals surface area contributed by atoms with Crippen molar-refractivity contribution in [1.82, 2.24) is 4.98 Å². The fraction of sp³-hybridized carbons (Fsp3) is 0.176. The number of carbonyl (C=O) groups is 1. The number of aryl methyl sites for hydroxylation is 1. The third-order valence-corrected chi connectivity index (χ3v) is 5.93. The lowest BCUT2D eigenvalue weighted by molar-refractivity contribution is -0.384. The lowest BCUT2D eigenvalue weighted by Gasteiger charge is -2.09. The van der Waals surface area contributed by atoms with Crippen molar-refractivity contribution in [3.05, 3.63) is 57.6 Å². The van der Waals surface area contributed by atoms with Crippen LogP contribution in [-0.2, 0) is 4.79 Å². The predicted octanol–water partition coefficient (Wildman–Crippen LogP) is 4.55. The fourth-order valence-corrected chi connectivity index (χ4v) is 4.17. The monoisotopic (exact) mass is 373 g/mol. The van der Waals surface area contributed by atoms with Gasteiger partial charge in [0.2, 0.25) is 5.91 Å². The molecular weight excluding hydrogens is 358 g/mol. The van der Waals surface area contributed by atoms with Crippen LogP contribution in [0.2, 0.25) is 0 Å². The molecule has 0 atom stereocenters. The smallest absolute Gasteiger partial charge is 0.270 e. The second-order valence-corrected chi connectivity index (χ2v) is 7.73. The van der Waals surface area contributed by atoms with Gasteiger partial charge in [-0.05, 0) is 37.1 Å². The van der Waals surface area contributed by atoms with E-state index >= 15 is 0 Å². The molecule has 0 spiro atoms. The van der Waals surface area contributed by atoms with Crippen molar-refractivity contribution < 1.29 is 9.72 Å². The number of thiazole rings is 1. The summed E-state index contributed by atoms with van der Waals surface area (Å²) in [6.45, 7) is 3.97. The van der Waals surface area contributed by atoms with Gasteiger partial charge in [0, 0.05) is 17.8 Å². The van der Waals surface area contributed by atoms with Crippen molar-refractivity contribution in [1.29, 1.82) is 0 Å². The number of benzene rings is 2. The van der Waals surface area contributed by atoms with E-state index in [9.17, 15) is 14.9 Å². The summed E-state index contributed by atoms with van der Waals surface area (Å²) < 4.78 is 1.46. The number of rotatable bonds is 5. The average molecular weight is 373 g/mol. The Morgan fingerprint density at radius 1 is 1.32 bits per heavy atom. The summed E-state index contributed by atoms with van der Waals surface area (Å²) in [6.07, 6.45) is 0. The first-order valence-corrected chi connectivity index (χ1v) is 9.28. The van der Waals surface area contributed by atoms with Crippen LogP contribution in [0.3, 0.4) is 0 Å². The van der Waals surface area contributed by atoms with E-state index in [0.29, 0.717) is 9.86 Å². The largest absolute Gasteiger partial charge is 0.325 e. The summed E-state index contributed by atoms with van der Waals surface area (Å²) in [5.41, 5.74) is 3.73. The van der Waals surface area contributed by atoms with Gasteiger partial charge in [-0.2, -0.15) is 0 Å². The Morgan fingerprint density at radius 3 is 2.88 bits per heavy atom. The maximum atomic E-state index is 12.2. The van der Waals surface area contributed by atoms with Gasteiger partial charge < -0.3 is 5.32 Å². The maximum Gasteiger partial charge on any atom is 0.270 e. The summed E-state index contributed by atoms with van der Waals surface area (Å²) in [5, 5.41) is 13.7. The summed E-state index contributed by atoms with van der Waals surface area (Å²) in [4.78, 5) is 27.0. The van der Waals surface area contributed by atoms with Gasteiger partial charge >= 0.3 is 0 Å². The molecule has 2 aromatic carbocycles. The van der Waals surface area contributed by atoms with Crippen molar-refractivity contribution >= 4 is 50.6 Å². The zero-order valence-electron chi connectivity index (χ0n) is 13.6. The summed E-state index contributed by atoms with van der Waals surface area (Å²) in [6, 6.07) is 10.4. The van der Waals surface area contributed by atoms with Crippen LogP contribution in [0.4, 0.5) is 11.4 Å². The Kier molecular flexibility index (Phi) is 5.00. The minimum Gasteiger partial charge on any atom is -0.325 e. The fourth-order valence-electron chi connectivity index (χ4n) is 2.27. The van der Waals surface area contributed by atoms with E-state index in [1.54, 1.807) is 6.07 Å². The van der Waals surface area contributed by atoms with Crippen molar-refractivity contribution in [2.45, 2.75) is 18.2 Å². The number of nitrogens with one attached hydrogen (secondary N) is 1. The van der Waals surface area contributed by atoms with Gasteiger partial charge in [-0.25, -0.2) is 4.98 Å². The SMILES string of the molecule is Cc1cccc(NC(=O)CSc2nc3ccc([N+](=O)[O-])cc3s2)c1C. The number of thioether (sulfide) groups is 1. The normalized spacial score (nSPS) is 10.8. The zero-order chi connectivity index (χ0) is 18.0. The number of hydrogen-bond donors (Lipinski definition) is 1. The molecule has 3 aromatic rings. The van der Waals surface area contributed by atoms with Crippen molar-refractivity contribution in [2.24, 2.45) is 0 Å². The van der Waals surface area contributed by atoms with E-state index in [2.05, 4.69) is 10.3 Å². The molecule has 8 heteroatoms. The number of aromatic nitrogens is 1. The lowest BCUT2D eigenvalue weighted by Crippen LogP contribution is -2.15. The zero-order valence-corrected chi connectivity index (χ0v) is 15.2. The van der Waals surface area contributed by atoms with E-state index in [4.69, 9.17) is 0 Å². The first-order valence-electron chi connectivity index (χ1n) is 7.48. The molecule has 0 aliphatic heterocycles. The Balaban J connectivity index is 1.66. The van der Waals surface area contributed by atoms with E-state index in [1.807, 2.05) is 32.0 Å². The number of nitro groups is 1. The Hall–Kier alpha value is -2.45. The number of anilines is 1. The highest BCUT2D eigenvalue weighted by molar-refractivity contribution is 8.01. The van der Waals surface area contributed by atoms with Crippen molar-refractivity contribution in [3.63, 3.8) is 0 Å². The van der Waals surface area contributed by atoms with Crippen molar-refractivity contribution in [2.75, 3.05) is 11.1 Å². The standard InChI is InChI=1S/C17H15N3O3S2/c1-10-4-3-5-13(11(10)2)18-16(21)9-24-17-19-14-7-6-12(20(22)23)8-15(14)25-17/h3-8H,9H2,1-2H3,(H,18,21). The molecule has 0 aliphatic rings. The molecule has 0 bridgehead atoms. The molecule has 0 fully saturated rings. The summed E-state index contributed by atoms with van der Waals surface area (Å²) in [5.74, 6) is 0.124.